The topological polar surface area (TPSA) is 0 Å². The molecule has 0 unspecified atom stereocenters. The van der Waals surface area contributed by atoms with Crippen LogP contribution in [0.4, 0.5) is 0 Å². The summed E-state index contributed by atoms with van der Waals surface area (Å²) in [6.45, 7) is 2.28. The summed E-state index contributed by atoms with van der Waals surface area (Å²) in [6.07, 6.45) is 14.4. The molecule has 79 valence electrons. The van der Waals surface area contributed by atoms with Crippen LogP contribution in [-0.4, -0.2) is 16.0 Å². The van der Waals surface area contributed by atoms with Crippen LogP contribution in [0.5, 0.6) is 0 Å². The molecule has 0 aliphatic heterocycles. The van der Waals surface area contributed by atoms with Crippen LogP contribution < -0.4 is 0 Å². The second-order valence-corrected chi connectivity index (χ2v) is 4.74. The Bertz CT molecular complexity index is 71.2. The first-order valence-corrected chi connectivity index (χ1v) is 7.21. The molecule has 0 rings (SSSR count). The predicted octanol–water partition coefficient (Wildman–Crippen LogP) is 4.49. The van der Waals surface area contributed by atoms with E-state index in [-0.39, 0.29) is 0 Å². The van der Waals surface area contributed by atoms with Gasteiger partial charge in [0.15, 0.2) is 0 Å². The van der Waals surface area contributed by atoms with Crippen molar-refractivity contribution >= 4 is 16.0 Å². The number of hydrogen-bond acceptors (Lipinski definition) is 0. The maximum atomic E-state index is 3.07. The van der Waals surface area contributed by atoms with E-state index in [1.807, 2.05) is 0 Å². The van der Waals surface area contributed by atoms with Crippen molar-refractivity contribution in [3.05, 3.63) is 0 Å². The zero-order valence-corrected chi connectivity index (χ0v) is 10.9. The van der Waals surface area contributed by atoms with E-state index in [0.29, 0.717) is 0 Å². The second-order valence-electron chi connectivity index (χ2n) is 3.89. The molecule has 0 fully saturated rings. The molecule has 0 aliphatic rings. The normalized spacial score (nSPS) is 10.6. The first-order valence-electron chi connectivity index (χ1n) is 6.00. The van der Waals surface area contributed by atoms with E-state index >= 15 is 0 Å². The minimum atomic E-state index is 1.25. The summed E-state index contributed by atoms with van der Waals surface area (Å²) >= 11 is 3.07. The number of unbranched alkanes of at least 4 members (excludes halogenated alkanes) is 9. The molecule has 0 amide bonds. The summed E-state index contributed by atoms with van der Waals surface area (Å²) < 4.78 is 0. The van der Waals surface area contributed by atoms with Crippen molar-refractivity contribution in [2.24, 2.45) is 0 Å². The number of hydrogen-bond donors (Lipinski definition) is 0. The molecule has 1 heteroatoms. The molecular formula is C12H25Se. The average molecular weight is 248 g/mol. The molecule has 0 atom stereocenters. The minimum absolute atomic E-state index is 1.25. The standard InChI is InChI=1S/C12H25Se/c1-2-3-4-5-6-7-8-9-10-11-12-13/h2-12H2,1H3. The van der Waals surface area contributed by atoms with E-state index in [4.69, 9.17) is 0 Å². The molecule has 0 N–H and O–H groups in total. The molecule has 0 heterocycles. The molecule has 0 aromatic carbocycles. The van der Waals surface area contributed by atoms with Gasteiger partial charge < -0.3 is 0 Å². The summed E-state index contributed by atoms with van der Waals surface area (Å²) in [5.74, 6) is 0. The van der Waals surface area contributed by atoms with Crippen LogP contribution in [0.1, 0.15) is 71.1 Å². The van der Waals surface area contributed by atoms with Gasteiger partial charge in [0.2, 0.25) is 0 Å². The Labute approximate surface area is 92.7 Å². The van der Waals surface area contributed by atoms with Crippen LogP contribution in [0.15, 0.2) is 0 Å². The quantitative estimate of drug-likeness (QED) is 0.394. The Morgan fingerprint density at radius 3 is 1.38 bits per heavy atom. The van der Waals surface area contributed by atoms with E-state index in [9.17, 15) is 0 Å². The van der Waals surface area contributed by atoms with Gasteiger partial charge >= 0.3 is 92.5 Å². The van der Waals surface area contributed by atoms with Gasteiger partial charge in [-0.3, -0.25) is 0 Å². The Morgan fingerprint density at radius 2 is 1.00 bits per heavy atom. The summed E-state index contributed by atoms with van der Waals surface area (Å²) in [4.78, 5) is 0. The van der Waals surface area contributed by atoms with E-state index in [0.717, 1.165) is 0 Å². The Kier molecular flexibility index (Phi) is 13.0. The van der Waals surface area contributed by atoms with Crippen molar-refractivity contribution in [1.29, 1.82) is 0 Å². The Balaban J connectivity index is 2.76. The molecule has 0 saturated carbocycles. The van der Waals surface area contributed by atoms with Crippen LogP contribution in [0, 0.1) is 0 Å². The third-order valence-electron chi connectivity index (χ3n) is 2.50. The molecule has 0 aliphatic carbocycles. The zero-order chi connectivity index (χ0) is 9.78. The van der Waals surface area contributed by atoms with Crippen LogP contribution in [0.3, 0.4) is 0 Å². The number of rotatable bonds is 10. The van der Waals surface area contributed by atoms with Crippen molar-refractivity contribution < 1.29 is 0 Å². The molecule has 0 aromatic rings. The molecule has 0 saturated heterocycles. The van der Waals surface area contributed by atoms with Crippen molar-refractivity contribution in [2.75, 3.05) is 0 Å². The first kappa shape index (κ1) is 13.5. The fourth-order valence-electron chi connectivity index (χ4n) is 1.59. The van der Waals surface area contributed by atoms with Gasteiger partial charge in [-0.2, -0.15) is 0 Å². The van der Waals surface area contributed by atoms with Crippen LogP contribution in [0.25, 0.3) is 0 Å². The van der Waals surface area contributed by atoms with Gasteiger partial charge in [0, 0.05) is 0 Å². The third-order valence-corrected chi connectivity index (χ3v) is 3.10. The Morgan fingerprint density at radius 1 is 0.615 bits per heavy atom. The third kappa shape index (κ3) is 12.5. The van der Waals surface area contributed by atoms with Crippen LogP contribution in [-0.2, 0) is 0 Å². The van der Waals surface area contributed by atoms with Crippen LogP contribution >= 0.6 is 0 Å². The van der Waals surface area contributed by atoms with E-state index in [2.05, 4.69) is 22.9 Å². The van der Waals surface area contributed by atoms with Gasteiger partial charge in [-0.1, -0.05) is 0 Å². The zero-order valence-electron chi connectivity index (χ0n) is 9.19. The predicted molar refractivity (Wildman–Crippen MR) is 62.4 cm³/mol. The molecule has 0 nitrogen and oxygen atoms in total. The molecule has 0 aromatic heterocycles. The summed E-state index contributed by atoms with van der Waals surface area (Å²) in [5.41, 5.74) is 0. The monoisotopic (exact) mass is 249 g/mol. The average Bonchev–Trinajstić information content (AvgIpc) is 2.16. The second kappa shape index (κ2) is 12.5. The van der Waals surface area contributed by atoms with Crippen LogP contribution in [0.2, 0.25) is 5.32 Å². The summed E-state index contributed by atoms with van der Waals surface area (Å²) in [6, 6.07) is 0. The van der Waals surface area contributed by atoms with Gasteiger partial charge in [0.25, 0.3) is 0 Å². The fraction of sp³-hybridized carbons (Fsp3) is 1.00. The summed E-state index contributed by atoms with van der Waals surface area (Å²) in [7, 11) is 0. The molecule has 13 heavy (non-hydrogen) atoms. The van der Waals surface area contributed by atoms with Gasteiger partial charge in [0.05, 0.1) is 0 Å². The molecule has 0 bridgehead atoms. The van der Waals surface area contributed by atoms with Crippen molar-refractivity contribution in [1.82, 2.24) is 0 Å². The van der Waals surface area contributed by atoms with Crippen molar-refractivity contribution in [3.63, 3.8) is 0 Å². The maximum absolute atomic E-state index is 3.07. The van der Waals surface area contributed by atoms with Crippen molar-refractivity contribution in [3.8, 4) is 0 Å². The van der Waals surface area contributed by atoms with E-state index in [1.54, 1.807) is 0 Å². The van der Waals surface area contributed by atoms with E-state index in [1.165, 1.54) is 69.5 Å². The van der Waals surface area contributed by atoms with E-state index < -0.39 is 0 Å². The van der Waals surface area contributed by atoms with Gasteiger partial charge in [0.1, 0.15) is 0 Å². The Hall–Kier alpha value is 0.519. The van der Waals surface area contributed by atoms with Crippen molar-refractivity contribution in [2.45, 2.75) is 76.5 Å². The van der Waals surface area contributed by atoms with Gasteiger partial charge in [-0.05, 0) is 0 Å². The summed E-state index contributed by atoms with van der Waals surface area (Å²) in [5, 5.41) is 1.25. The first-order chi connectivity index (χ1) is 6.41. The van der Waals surface area contributed by atoms with Gasteiger partial charge in [-0.25, -0.2) is 0 Å². The molecular weight excluding hydrogens is 223 g/mol. The fourth-order valence-corrected chi connectivity index (χ4v) is 2.02. The SMILES string of the molecule is CCCCCCCCCCCC[Se]. The molecule has 1 radical (unpaired) electrons. The van der Waals surface area contributed by atoms with Gasteiger partial charge in [-0.15, -0.1) is 0 Å². The molecule has 0 spiro atoms.